The highest BCUT2D eigenvalue weighted by Crippen LogP contribution is 2.23. The van der Waals surface area contributed by atoms with E-state index in [4.69, 9.17) is 0 Å². The quantitative estimate of drug-likeness (QED) is 0.625. The summed E-state index contributed by atoms with van der Waals surface area (Å²) in [6.07, 6.45) is 1.29. The van der Waals surface area contributed by atoms with Crippen LogP contribution in [0.2, 0.25) is 0 Å². The first-order valence-electron chi connectivity index (χ1n) is 8.59. The standard InChI is InChI=1S/C19H22N4O3/c1-13-4-5-16(10-14(13)2)19(24)22-8-6-21(7-9-22)18-15(3)11-17(12-20-18)23(25)26/h4-5,10-12H,6-9H2,1-3H3. The topological polar surface area (TPSA) is 79.6 Å². The predicted octanol–water partition coefficient (Wildman–Crippen LogP) is 2.88. The van der Waals surface area contributed by atoms with Gasteiger partial charge in [-0.05, 0) is 49.6 Å². The molecule has 7 heteroatoms. The van der Waals surface area contributed by atoms with Crippen molar-refractivity contribution in [2.24, 2.45) is 0 Å². The summed E-state index contributed by atoms with van der Waals surface area (Å²) in [5, 5.41) is 10.8. The number of anilines is 1. The maximum atomic E-state index is 12.7. The third-order valence-electron chi connectivity index (χ3n) is 4.87. The molecule has 0 N–H and O–H groups in total. The van der Waals surface area contributed by atoms with Crippen LogP contribution < -0.4 is 4.90 Å². The number of pyridine rings is 1. The average Bonchev–Trinajstić information content (AvgIpc) is 2.63. The SMILES string of the molecule is Cc1ccc(C(=O)N2CCN(c3ncc([N+](=O)[O-])cc3C)CC2)cc1C. The van der Waals surface area contributed by atoms with Gasteiger partial charge < -0.3 is 9.80 Å². The molecule has 0 aliphatic carbocycles. The number of nitro groups is 1. The second-order valence-corrected chi connectivity index (χ2v) is 6.67. The summed E-state index contributed by atoms with van der Waals surface area (Å²) in [4.78, 5) is 31.3. The minimum absolute atomic E-state index is 0.00481. The monoisotopic (exact) mass is 354 g/mol. The molecule has 0 spiro atoms. The number of hydrogen-bond acceptors (Lipinski definition) is 5. The Morgan fingerprint density at radius 2 is 1.73 bits per heavy atom. The highest BCUT2D eigenvalue weighted by atomic mass is 16.6. The lowest BCUT2D eigenvalue weighted by atomic mass is 10.1. The third kappa shape index (κ3) is 3.51. The molecule has 3 rings (SSSR count). The first-order valence-corrected chi connectivity index (χ1v) is 8.59. The number of aromatic nitrogens is 1. The Balaban J connectivity index is 1.68. The zero-order valence-electron chi connectivity index (χ0n) is 15.2. The van der Waals surface area contributed by atoms with E-state index in [1.165, 1.54) is 17.8 Å². The van der Waals surface area contributed by atoms with Crippen molar-refractivity contribution in [3.63, 3.8) is 0 Å². The molecule has 1 aliphatic heterocycles. The lowest BCUT2D eigenvalue weighted by molar-refractivity contribution is -0.385. The van der Waals surface area contributed by atoms with E-state index in [2.05, 4.69) is 9.88 Å². The number of rotatable bonds is 3. The number of benzene rings is 1. The smallest absolute Gasteiger partial charge is 0.287 e. The molecule has 0 unspecified atom stereocenters. The molecule has 1 saturated heterocycles. The Morgan fingerprint density at radius 3 is 2.31 bits per heavy atom. The van der Waals surface area contributed by atoms with Gasteiger partial charge in [0.15, 0.2) is 0 Å². The van der Waals surface area contributed by atoms with Gasteiger partial charge in [0.25, 0.3) is 11.6 Å². The van der Waals surface area contributed by atoms with E-state index in [1.807, 2.05) is 43.9 Å². The minimum atomic E-state index is -0.441. The molecule has 0 bridgehead atoms. The van der Waals surface area contributed by atoms with Gasteiger partial charge in [-0.3, -0.25) is 14.9 Å². The molecule has 136 valence electrons. The van der Waals surface area contributed by atoms with Gasteiger partial charge in [-0.15, -0.1) is 0 Å². The number of carbonyl (C=O) groups is 1. The second kappa shape index (κ2) is 7.11. The fourth-order valence-electron chi connectivity index (χ4n) is 3.16. The molecule has 1 aromatic heterocycles. The van der Waals surface area contributed by atoms with Crippen LogP contribution in [0.15, 0.2) is 30.5 Å². The zero-order chi connectivity index (χ0) is 18.8. The lowest BCUT2D eigenvalue weighted by Crippen LogP contribution is -2.49. The Bertz CT molecular complexity index is 858. The largest absolute Gasteiger partial charge is 0.353 e. The molecule has 1 amide bonds. The normalized spacial score (nSPS) is 14.4. The van der Waals surface area contributed by atoms with Crippen LogP contribution in [0, 0.1) is 30.9 Å². The van der Waals surface area contributed by atoms with Gasteiger partial charge in [0.1, 0.15) is 12.0 Å². The molecule has 0 saturated carbocycles. The van der Waals surface area contributed by atoms with Crippen molar-refractivity contribution in [3.8, 4) is 0 Å². The second-order valence-electron chi connectivity index (χ2n) is 6.67. The van der Waals surface area contributed by atoms with Gasteiger partial charge in [0.05, 0.1) is 4.92 Å². The van der Waals surface area contributed by atoms with Crippen LogP contribution in [-0.2, 0) is 0 Å². The number of amides is 1. The summed E-state index contributed by atoms with van der Waals surface area (Å²) in [7, 11) is 0. The fourth-order valence-corrected chi connectivity index (χ4v) is 3.16. The van der Waals surface area contributed by atoms with E-state index in [0.717, 1.165) is 16.9 Å². The number of nitrogens with zero attached hydrogens (tertiary/aromatic N) is 4. The molecule has 1 aromatic carbocycles. The molecule has 1 aliphatic rings. The van der Waals surface area contributed by atoms with E-state index in [9.17, 15) is 14.9 Å². The van der Waals surface area contributed by atoms with Crippen LogP contribution in [-0.4, -0.2) is 46.9 Å². The summed E-state index contributed by atoms with van der Waals surface area (Å²) in [5.41, 5.74) is 3.76. The van der Waals surface area contributed by atoms with Crippen molar-refractivity contribution in [2.45, 2.75) is 20.8 Å². The van der Waals surface area contributed by atoms with Crippen molar-refractivity contribution in [1.29, 1.82) is 0 Å². The van der Waals surface area contributed by atoms with Gasteiger partial charge in [-0.2, -0.15) is 0 Å². The van der Waals surface area contributed by atoms with Gasteiger partial charge in [-0.1, -0.05) is 6.07 Å². The molecular weight excluding hydrogens is 332 g/mol. The molecule has 2 aromatic rings. The van der Waals surface area contributed by atoms with E-state index >= 15 is 0 Å². The number of hydrogen-bond donors (Lipinski definition) is 0. The van der Waals surface area contributed by atoms with Crippen molar-refractivity contribution < 1.29 is 9.72 Å². The first-order chi connectivity index (χ1) is 12.4. The number of carbonyl (C=O) groups excluding carboxylic acids is 1. The van der Waals surface area contributed by atoms with Crippen molar-refractivity contribution in [3.05, 3.63) is 62.8 Å². The summed E-state index contributed by atoms with van der Waals surface area (Å²) >= 11 is 0. The lowest BCUT2D eigenvalue weighted by Gasteiger charge is -2.36. The highest BCUT2D eigenvalue weighted by molar-refractivity contribution is 5.94. The van der Waals surface area contributed by atoms with Crippen LogP contribution in [0.3, 0.4) is 0 Å². The Labute approximate surface area is 152 Å². The van der Waals surface area contributed by atoms with E-state index in [1.54, 1.807) is 0 Å². The first kappa shape index (κ1) is 17.8. The number of aryl methyl sites for hydroxylation is 3. The Hall–Kier alpha value is -2.96. The van der Waals surface area contributed by atoms with E-state index < -0.39 is 4.92 Å². The number of piperazine rings is 1. The van der Waals surface area contributed by atoms with E-state index in [-0.39, 0.29) is 11.6 Å². The predicted molar refractivity (Wildman–Crippen MR) is 99.7 cm³/mol. The Kier molecular flexibility index (Phi) is 4.88. The fraction of sp³-hybridized carbons (Fsp3) is 0.368. The third-order valence-corrected chi connectivity index (χ3v) is 4.87. The van der Waals surface area contributed by atoms with E-state index in [0.29, 0.717) is 31.7 Å². The summed E-state index contributed by atoms with van der Waals surface area (Å²) < 4.78 is 0. The Morgan fingerprint density at radius 1 is 1.04 bits per heavy atom. The maximum Gasteiger partial charge on any atom is 0.287 e. The molecule has 1 fully saturated rings. The molecular formula is C19H22N4O3. The zero-order valence-corrected chi connectivity index (χ0v) is 15.2. The van der Waals surface area contributed by atoms with Crippen LogP contribution in [0.1, 0.15) is 27.0 Å². The van der Waals surface area contributed by atoms with Gasteiger partial charge in [-0.25, -0.2) is 4.98 Å². The van der Waals surface area contributed by atoms with Crippen molar-refractivity contribution in [2.75, 3.05) is 31.1 Å². The van der Waals surface area contributed by atoms with Crippen molar-refractivity contribution >= 4 is 17.4 Å². The molecule has 0 atom stereocenters. The van der Waals surface area contributed by atoms with Gasteiger partial charge in [0, 0.05) is 37.8 Å². The van der Waals surface area contributed by atoms with Crippen LogP contribution in [0.4, 0.5) is 11.5 Å². The van der Waals surface area contributed by atoms with Crippen molar-refractivity contribution in [1.82, 2.24) is 9.88 Å². The highest BCUT2D eigenvalue weighted by Gasteiger charge is 2.24. The molecule has 26 heavy (non-hydrogen) atoms. The summed E-state index contributed by atoms with van der Waals surface area (Å²) in [6, 6.07) is 7.32. The molecule has 0 radical (unpaired) electrons. The maximum absolute atomic E-state index is 12.7. The van der Waals surface area contributed by atoms with Gasteiger partial charge in [0.2, 0.25) is 0 Å². The minimum Gasteiger partial charge on any atom is -0.353 e. The van der Waals surface area contributed by atoms with Crippen LogP contribution in [0.25, 0.3) is 0 Å². The van der Waals surface area contributed by atoms with Gasteiger partial charge >= 0.3 is 0 Å². The van der Waals surface area contributed by atoms with Crippen LogP contribution in [0.5, 0.6) is 0 Å². The average molecular weight is 354 g/mol. The molecule has 2 heterocycles. The summed E-state index contributed by atoms with van der Waals surface area (Å²) in [5.74, 6) is 0.787. The van der Waals surface area contributed by atoms with Crippen LogP contribution >= 0.6 is 0 Å². The summed E-state index contributed by atoms with van der Waals surface area (Å²) in [6.45, 7) is 8.37. The molecule has 7 nitrogen and oxygen atoms in total.